The maximum atomic E-state index is 10.8. The van der Waals surface area contributed by atoms with Crippen molar-refractivity contribution in [3.05, 3.63) is 28.8 Å². The third-order valence-corrected chi connectivity index (χ3v) is 4.78. The van der Waals surface area contributed by atoms with E-state index in [4.69, 9.17) is 4.74 Å². The third kappa shape index (κ3) is 2.27. The van der Waals surface area contributed by atoms with Gasteiger partial charge in [-0.1, -0.05) is 12.1 Å². The Morgan fingerprint density at radius 2 is 2.10 bits per heavy atom. The van der Waals surface area contributed by atoms with Crippen LogP contribution in [0.15, 0.2) is 17.1 Å². The fraction of sp³-hybridized carbons (Fsp3) is 0.588. The predicted octanol–water partition coefficient (Wildman–Crippen LogP) is 3.81. The van der Waals surface area contributed by atoms with Crippen molar-refractivity contribution in [1.82, 2.24) is 0 Å². The van der Waals surface area contributed by atoms with Gasteiger partial charge in [-0.05, 0) is 63.0 Å². The molecule has 0 aliphatic heterocycles. The molecule has 3 rings (SSSR count). The highest BCUT2D eigenvalue weighted by Crippen LogP contribution is 2.49. The van der Waals surface area contributed by atoms with Crippen LogP contribution in [0.3, 0.4) is 0 Å². The van der Waals surface area contributed by atoms with Gasteiger partial charge in [0.15, 0.2) is 0 Å². The number of rotatable bonds is 5. The maximum Gasteiger partial charge on any atom is 0.235 e. The molecule has 2 saturated carbocycles. The van der Waals surface area contributed by atoms with E-state index in [0.717, 1.165) is 43.1 Å². The average molecular weight is 271 g/mol. The lowest BCUT2D eigenvalue weighted by molar-refractivity contribution is 0.233. The van der Waals surface area contributed by atoms with Gasteiger partial charge < -0.3 is 4.74 Å². The van der Waals surface area contributed by atoms with Gasteiger partial charge in [0.25, 0.3) is 0 Å². The Kier molecular flexibility index (Phi) is 3.39. The van der Waals surface area contributed by atoms with E-state index in [1.165, 1.54) is 24.0 Å². The zero-order chi connectivity index (χ0) is 14.2. The van der Waals surface area contributed by atoms with Crippen LogP contribution in [0.1, 0.15) is 48.8 Å². The van der Waals surface area contributed by atoms with Gasteiger partial charge >= 0.3 is 0 Å². The largest absolute Gasteiger partial charge is 0.493 e. The summed E-state index contributed by atoms with van der Waals surface area (Å²) in [6, 6.07) is 4.19. The monoisotopic (exact) mass is 271 g/mol. The fourth-order valence-corrected chi connectivity index (χ4v) is 2.87. The molecule has 2 aliphatic rings. The minimum atomic E-state index is -0.376. The lowest BCUT2D eigenvalue weighted by atomic mass is 9.71. The summed E-state index contributed by atoms with van der Waals surface area (Å²) in [5.74, 6) is 1.67. The van der Waals surface area contributed by atoms with E-state index in [0.29, 0.717) is 0 Å². The summed E-state index contributed by atoms with van der Waals surface area (Å²) in [5, 5.41) is 0. The Balaban J connectivity index is 1.99. The second-order valence-electron chi connectivity index (χ2n) is 6.23. The highest BCUT2D eigenvalue weighted by atomic mass is 16.5. The molecule has 0 unspecified atom stereocenters. The van der Waals surface area contributed by atoms with Crippen molar-refractivity contribution < 1.29 is 9.53 Å². The van der Waals surface area contributed by atoms with Crippen LogP contribution in [-0.2, 0) is 10.3 Å². The van der Waals surface area contributed by atoms with Crippen molar-refractivity contribution in [1.29, 1.82) is 0 Å². The standard InChI is InChI=1S/C17H21NO2/c1-12-4-7-15(17(18-11-19)8-3-9-17)16(13(12)2)20-10-14-5-6-14/h4,7,14H,3,5-6,8-10H2,1-2H3. The first kappa shape index (κ1) is 13.4. The summed E-state index contributed by atoms with van der Waals surface area (Å²) >= 11 is 0. The first-order valence-corrected chi connectivity index (χ1v) is 7.49. The number of isocyanates is 1. The molecule has 0 atom stereocenters. The molecule has 1 aromatic carbocycles. The van der Waals surface area contributed by atoms with Crippen LogP contribution in [-0.4, -0.2) is 12.7 Å². The number of carbonyl (C=O) groups excluding carboxylic acids is 1. The number of nitrogens with zero attached hydrogens (tertiary/aromatic N) is 1. The van der Waals surface area contributed by atoms with Gasteiger partial charge in [0.1, 0.15) is 11.3 Å². The molecular formula is C17H21NO2. The van der Waals surface area contributed by atoms with Gasteiger partial charge in [0, 0.05) is 5.56 Å². The molecule has 3 nitrogen and oxygen atoms in total. The molecule has 0 N–H and O–H groups in total. The van der Waals surface area contributed by atoms with Crippen molar-refractivity contribution >= 4 is 6.08 Å². The topological polar surface area (TPSA) is 38.7 Å². The molecule has 2 fully saturated rings. The molecule has 0 spiro atoms. The van der Waals surface area contributed by atoms with Crippen LogP contribution in [0.25, 0.3) is 0 Å². The fourth-order valence-electron chi connectivity index (χ4n) is 2.87. The number of hydrogen-bond acceptors (Lipinski definition) is 3. The summed E-state index contributed by atoms with van der Waals surface area (Å²) in [6.07, 6.45) is 7.27. The van der Waals surface area contributed by atoms with Crippen molar-refractivity contribution in [3.8, 4) is 5.75 Å². The molecule has 3 heteroatoms. The summed E-state index contributed by atoms with van der Waals surface area (Å²) in [5.41, 5.74) is 3.11. The SMILES string of the molecule is Cc1ccc(C2(N=C=O)CCC2)c(OCC2CC2)c1C. The van der Waals surface area contributed by atoms with Crippen molar-refractivity contribution in [2.45, 2.75) is 51.5 Å². The number of ether oxygens (including phenoxy) is 1. The van der Waals surface area contributed by atoms with Gasteiger partial charge in [0.05, 0.1) is 6.61 Å². The van der Waals surface area contributed by atoms with E-state index < -0.39 is 0 Å². The number of benzene rings is 1. The Labute approximate surface area is 120 Å². The number of aryl methyl sites for hydroxylation is 1. The zero-order valence-electron chi connectivity index (χ0n) is 12.2. The molecule has 0 aromatic heterocycles. The van der Waals surface area contributed by atoms with Crippen LogP contribution >= 0.6 is 0 Å². The lowest BCUT2D eigenvalue weighted by Crippen LogP contribution is -2.32. The Morgan fingerprint density at radius 3 is 2.65 bits per heavy atom. The van der Waals surface area contributed by atoms with Gasteiger partial charge in [-0.2, -0.15) is 4.99 Å². The van der Waals surface area contributed by atoms with E-state index in [2.05, 4.69) is 31.0 Å². The van der Waals surface area contributed by atoms with Crippen molar-refractivity contribution in [3.63, 3.8) is 0 Å². The highest BCUT2D eigenvalue weighted by Gasteiger charge is 2.41. The van der Waals surface area contributed by atoms with Gasteiger partial charge in [-0.3, -0.25) is 0 Å². The summed E-state index contributed by atoms with van der Waals surface area (Å²) in [6.45, 7) is 4.98. The van der Waals surface area contributed by atoms with Gasteiger partial charge in [-0.15, -0.1) is 0 Å². The summed E-state index contributed by atoms with van der Waals surface area (Å²) < 4.78 is 6.11. The van der Waals surface area contributed by atoms with Crippen LogP contribution in [0.4, 0.5) is 0 Å². The average Bonchev–Trinajstić information content (AvgIpc) is 3.20. The quantitative estimate of drug-likeness (QED) is 0.603. The molecule has 0 saturated heterocycles. The third-order valence-electron chi connectivity index (χ3n) is 4.78. The van der Waals surface area contributed by atoms with E-state index in [1.807, 2.05) is 0 Å². The molecule has 0 radical (unpaired) electrons. The minimum absolute atomic E-state index is 0.376. The molecule has 0 heterocycles. The Bertz CT molecular complexity index is 565. The molecule has 0 bridgehead atoms. The molecule has 20 heavy (non-hydrogen) atoms. The van der Waals surface area contributed by atoms with E-state index in [9.17, 15) is 4.79 Å². The molecular weight excluding hydrogens is 250 g/mol. The summed E-state index contributed by atoms with van der Waals surface area (Å²) in [7, 11) is 0. The molecule has 1 aromatic rings. The lowest BCUT2D eigenvalue weighted by Gasteiger charge is -2.38. The smallest absolute Gasteiger partial charge is 0.235 e. The predicted molar refractivity (Wildman–Crippen MR) is 77.8 cm³/mol. The van der Waals surface area contributed by atoms with Crippen LogP contribution < -0.4 is 4.74 Å². The molecule has 0 amide bonds. The molecule has 106 valence electrons. The first-order chi connectivity index (χ1) is 9.66. The van der Waals surface area contributed by atoms with Crippen molar-refractivity contribution in [2.24, 2.45) is 10.9 Å². The Morgan fingerprint density at radius 1 is 1.35 bits per heavy atom. The van der Waals surface area contributed by atoms with Gasteiger partial charge in [0.2, 0.25) is 6.08 Å². The van der Waals surface area contributed by atoms with Crippen LogP contribution in [0.5, 0.6) is 5.75 Å². The van der Waals surface area contributed by atoms with E-state index >= 15 is 0 Å². The van der Waals surface area contributed by atoms with Gasteiger partial charge in [-0.25, -0.2) is 4.79 Å². The first-order valence-electron chi connectivity index (χ1n) is 7.49. The summed E-state index contributed by atoms with van der Waals surface area (Å²) in [4.78, 5) is 14.9. The van der Waals surface area contributed by atoms with E-state index in [-0.39, 0.29) is 5.54 Å². The second-order valence-corrected chi connectivity index (χ2v) is 6.23. The zero-order valence-corrected chi connectivity index (χ0v) is 12.2. The molecule has 2 aliphatic carbocycles. The van der Waals surface area contributed by atoms with Crippen LogP contribution in [0, 0.1) is 19.8 Å². The number of hydrogen-bond donors (Lipinski definition) is 0. The highest BCUT2D eigenvalue weighted by molar-refractivity contribution is 5.51. The maximum absolute atomic E-state index is 10.8. The van der Waals surface area contributed by atoms with Crippen molar-refractivity contribution in [2.75, 3.05) is 6.61 Å². The Hall–Kier alpha value is -1.60. The second kappa shape index (κ2) is 5.06. The minimum Gasteiger partial charge on any atom is -0.493 e. The normalized spacial score (nSPS) is 19.9. The van der Waals surface area contributed by atoms with E-state index in [1.54, 1.807) is 6.08 Å². The number of aliphatic imine (C=N–C) groups is 1. The van der Waals surface area contributed by atoms with Crippen LogP contribution in [0.2, 0.25) is 0 Å².